The van der Waals surface area contributed by atoms with Gasteiger partial charge in [0, 0.05) is 25.1 Å². The van der Waals surface area contributed by atoms with E-state index in [1.165, 1.54) is 37.6 Å². The molecule has 3 fully saturated rings. The maximum atomic E-state index is 5.46. The van der Waals surface area contributed by atoms with Gasteiger partial charge in [-0.1, -0.05) is 6.92 Å². The first-order chi connectivity index (χ1) is 10.8. The second-order valence-electron chi connectivity index (χ2n) is 6.58. The molecule has 1 saturated heterocycles. The third-order valence-corrected chi connectivity index (χ3v) is 5.09. The molecule has 3 heteroatoms. The Bertz CT molecular complexity index is 326. The molecular weight excluding hydrogens is 326 g/mol. The topological polar surface area (TPSA) is 12.5 Å². The Hall–Kier alpha value is 0.439. The van der Waals surface area contributed by atoms with Crippen molar-refractivity contribution >= 4 is 0 Å². The number of ether oxygens (including phenoxy) is 1. The summed E-state index contributed by atoms with van der Waals surface area (Å²) in [6, 6.07) is 1.07. The summed E-state index contributed by atoms with van der Waals surface area (Å²) in [6.07, 6.45) is 21.4. The maximum Gasteiger partial charge on any atom is 2.00 e. The Labute approximate surface area is 154 Å². The molecule has 1 heterocycles. The third-order valence-electron chi connectivity index (χ3n) is 5.09. The van der Waals surface area contributed by atoms with Crippen molar-refractivity contribution in [2.75, 3.05) is 20.3 Å². The van der Waals surface area contributed by atoms with E-state index in [0.29, 0.717) is 18.0 Å². The van der Waals surface area contributed by atoms with Gasteiger partial charge >= 0.3 is 17.1 Å². The summed E-state index contributed by atoms with van der Waals surface area (Å²) in [4.78, 5) is 2.68. The van der Waals surface area contributed by atoms with Gasteiger partial charge in [0.2, 0.25) is 0 Å². The van der Waals surface area contributed by atoms with Gasteiger partial charge in [-0.3, -0.25) is 4.90 Å². The molecule has 10 radical (unpaired) electrons. The molecule has 0 amide bonds. The Kier molecular flexibility index (Phi) is 8.42. The molecule has 3 atom stereocenters. The van der Waals surface area contributed by atoms with Gasteiger partial charge in [-0.15, -0.1) is 0 Å². The van der Waals surface area contributed by atoms with Crippen LogP contribution in [-0.4, -0.2) is 37.2 Å². The summed E-state index contributed by atoms with van der Waals surface area (Å²) in [5.41, 5.74) is 0. The van der Waals surface area contributed by atoms with Crippen molar-refractivity contribution in [1.29, 1.82) is 0 Å². The van der Waals surface area contributed by atoms with Crippen LogP contribution in [0.1, 0.15) is 26.2 Å². The fraction of sp³-hybridized carbons (Fsp3) is 0.500. The number of methoxy groups -OCH3 is 1. The molecule has 2 aliphatic carbocycles. The van der Waals surface area contributed by atoms with Gasteiger partial charge in [-0.25, -0.2) is 0 Å². The smallest absolute Gasteiger partial charge is 0.383 e. The minimum absolute atomic E-state index is 0. The molecule has 0 unspecified atom stereocenters. The fourth-order valence-electron chi connectivity index (χ4n) is 3.90. The minimum Gasteiger partial charge on any atom is -0.383 e. The SMILES string of the molecule is COC[C@@H]1CCCN1[C@@H](C[C@H](C)[C]1[CH][CH][CH][CH]1)[C]1[CH][CH][CH][CH]1.[Fe+2]. The zero-order valence-corrected chi connectivity index (χ0v) is 15.2. The number of hydrogen-bond donors (Lipinski definition) is 0. The van der Waals surface area contributed by atoms with Crippen molar-refractivity contribution in [3.05, 3.63) is 63.2 Å². The molecule has 0 aromatic rings. The van der Waals surface area contributed by atoms with Crippen LogP contribution in [0.2, 0.25) is 0 Å². The van der Waals surface area contributed by atoms with E-state index in [-0.39, 0.29) is 17.1 Å². The molecule has 0 bridgehead atoms. The monoisotopic (exact) mass is 353 g/mol. The number of rotatable bonds is 7. The average Bonchev–Trinajstić information content (AvgIpc) is 3.26. The Balaban J connectivity index is 0.00000192. The first kappa shape index (κ1) is 19.8. The van der Waals surface area contributed by atoms with Crippen molar-refractivity contribution in [3.8, 4) is 0 Å². The van der Waals surface area contributed by atoms with Crippen LogP contribution < -0.4 is 0 Å². The fourth-order valence-corrected chi connectivity index (χ4v) is 3.90. The summed E-state index contributed by atoms with van der Waals surface area (Å²) >= 11 is 0. The molecule has 2 saturated carbocycles. The quantitative estimate of drug-likeness (QED) is 0.651. The Morgan fingerprint density at radius 2 is 1.70 bits per heavy atom. The van der Waals surface area contributed by atoms with E-state index in [4.69, 9.17) is 4.74 Å². The van der Waals surface area contributed by atoms with Gasteiger partial charge in [0.15, 0.2) is 0 Å². The van der Waals surface area contributed by atoms with Crippen molar-refractivity contribution in [2.24, 2.45) is 5.92 Å². The molecule has 23 heavy (non-hydrogen) atoms. The van der Waals surface area contributed by atoms with Gasteiger partial charge in [-0.2, -0.15) is 0 Å². The summed E-state index contributed by atoms with van der Waals surface area (Å²) in [6.45, 7) is 4.40. The molecule has 0 spiro atoms. The van der Waals surface area contributed by atoms with Crippen LogP contribution in [0.25, 0.3) is 0 Å². The predicted molar refractivity (Wildman–Crippen MR) is 90.1 cm³/mol. The molecule has 3 aliphatic rings. The second kappa shape index (κ2) is 9.80. The van der Waals surface area contributed by atoms with E-state index in [1.54, 1.807) is 0 Å². The zero-order valence-electron chi connectivity index (χ0n) is 14.1. The first-order valence-electron chi connectivity index (χ1n) is 8.47. The van der Waals surface area contributed by atoms with Crippen molar-refractivity contribution < 1.29 is 21.8 Å². The molecule has 2 nitrogen and oxygen atoms in total. The van der Waals surface area contributed by atoms with Crippen molar-refractivity contribution in [2.45, 2.75) is 38.3 Å². The minimum atomic E-state index is 0. The standard InChI is InChI=1S/C20H27NO.Fe/c1-16(17-8-3-4-9-17)14-20(18-10-5-6-11-18)21-13-7-12-19(21)15-22-2;/h3-6,8-11,16,19-20H,7,12-15H2,1-2H3;/q;+2/t16-,19-,20-;/m0./s1. The Morgan fingerprint density at radius 3 is 2.30 bits per heavy atom. The summed E-state index contributed by atoms with van der Waals surface area (Å²) < 4.78 is 5.46. The molecule has 1 aliphatic heterocycles. The van der Waals surface area contributed by atoms with Crippen LogP contribution in [0.3, 0.4) is 0 Å². The number of hydrogen-bond acceptors (Lipinski definition) is 2. The van der Waals surface area contributed by atoms with E-state index < -0.39 is 0 Å². The van der Waals surface area contributed by atoms with Gasteiger partial charge in [0.05, 0.1) is 6.61 Å². The van der Waals surface area contributed by atoms with E-state index in [0.717, 1.165) is 6.61 Å². The van der Waals surface area contributed by atoms with Crippen LogP contribution in [0.15, 0.2) is 0 Å². The van der Waals surface area contributed by atoms with Gasteiger partial charge in [0.1, 0.15) is 0 Å². The predicted octanol–water partition coefficient (Wildman–Crippen LogP) is 3.30. The van der Waals surface area contributed by atoms with Crippen LogP contribution >= 0.6 is 0 Å². The van der Waals surface area contributed by atoms with Crippen LogP contribution in [-0.2, 0) is 21.8 Å². The molecule has 0 aromatic carbocycles. The summed E-state index contributed by atoms with van der Waals surface area (Å²) in [7, 11) is 1.82. The van der Waals surface area contributed by atoms with E-state index in [9.17, 15) is 0 Å². The first-order valence-corrected chi connectivity index (χ1v) is 8.47. The van der Waals surface area contributed by atoms with Crippen molar-refractivity contribution in [1.82, 2.24) is 4.90 Å². The number of nitrogens with zero attached hydrogens (tertiary/aromatic N) is 1. The van der Waals surface area contributed by atoms with E-state index in [1.807, 2.05) is 7.11 Å². The van der Waals surface area contributed by atoms with Crippen LogP contribution in [0.5, 0.6) is 0 Å². The van der Waals surface area contributed by atoms with Crippen LogP contribution in [0, 0.1) is 69.1 Å². The molecule has 0 aromatic heterocycles. The van der Waals surface area contributed by atoms with Crippen LogP contribution in [0.4, 0.5) is 0 Å². The van der Waals surface area contributed by atoms with Gasteiger partial charge in [0.25, 0.3) is 0 Å². The second-order valence-corrected chi connectivity index (χ2v) is 6.58. The average molecular weight is 353 g/mol. The van der Waals surface area contributed by atoms with E-state index in [2.05, 4.69) is 63.2 Å². The molecular formula is C20H27FeNO+2. The van der Waals surface area contributed by atoms with Gasteiger partial charge in [-0.05, 0) is 89.0 Å². The zero-order chi connectivity index (χ0) is 15.4. The molecule has 3 rings (SSSR count). The maximum absolute atomic E-state index is 5.46. The summed E-state index contributed by atoms with van der Waals surface area (Å²) in [5, 5.41) is 0. The summed E-state index contributed by atoms with van der Waals surface area (Å²) in [5.74, 6) is 3.50. The Morgan fingerprint density at radius 1 is 1.09 bits per heavy atom. The molecule has 0 N–H and O–H groups in total. The normalized spacial score (nSPS) is 29.7. The van der Waals surface area contributed by atoms with Crippen molar-refractivity contribution in [3.63, 3.8) is 0 Å². The molecule has 124 valence electrons. The largest absolute Gasteiger partial charge is 2.00 e. The van der Waals surface area contributed by atoms with E-state index >= 15 is 0 Å². The third kappa shape index (κ3) is 4.97. The van der Waals surface area contributed by atoms with Gasteiger partial charge < -0.3 is 4.74 Å². The number of likely N-dealkylation sites (tertiary alicyclic amines) is 1.